The number of sulfonamides is 1. The fourth-order valence-electron chi connectivity index (χ4n) is 6.86. The van der Waals surface area contributed by atoms with Crippen LogP contribution in [0.1, 0.15) is 76.6 Å². The zero-order valence-corrected chi connectivity index (χ0v) is 27.3. The summed E-state index contributed by atoms with van der Waals surface area (Å²) in [7, 11) is -3.19. The highest BCUT2D eigenvalue weighted by molar-refractivity contribution is 7.88. The average Bonchev–Trinajstić information content (AvgIpc) is 2.93. The third-order valence-corrected chi connectivity index (χ3v) is 9.66. The van der Waals surface area contributed by atoms with Crippen LogP contribution in [0.2, 0.25) is 0 Å². The lowest BCUT2D eigenvalue weighted by Crippen LogP contribution is -2.61. The molecule has 1 N–H and O–H groups in total. The van der Waals surface area contributed by atoms with Gasteiger partial charge in [-0.1, -0.05) is 0 Å². The van der Waals surface area contributed by atoms with Crippen LogP contribution in [0.3, 0.4) is 0 Å². The highest BCUT2D eigenvalue weighted by Gasteiger charge is 2.46. The van der Waals surface area contributed by atoms with E-state index in [1.165, 1.54) is 36.7 Å². The number of likely N-dealkylation sites (tertiary alicyclic amines) is 1. The predicted molar refractivity (Wildman–Crippen MR) is 168 cm³/mol. The number of nitrogens with one attached hydrogen (secondary N) is 1. The molecule has 3 fully saturated rings. The number of rotatable bonds is 10. The lowest BCUT2D eigenvalue weighted by Gasteiger charge is -2.54. The van der Waals surface area contributed by atoms with E-state index in [9.17, 15) is 17.6 Å². The van der Waals surface area contributed by atoms with Gasteiger partial charge in [0.2, 0.25) is 10.0 Å². The molecule has 0 unspecified atom stereocenters. The van der Waals surface area contributed by atoms with Gasteiger partial charge in [-0.3, -0.25) is 4.79 Å². The normalized spacial score (nSPS) is 19.9. The number of hydrogen-bond donors (Lipinski definition) is 1. The third kappa shape index (κ3) is 7.69. The van der Waals surface area contributed by atoms with Gasteiger partial charge in [-0.05, 0) is 103 Å². The number of anilines is 1. The Morgan fingerprint density at radius 2 is 1.73 bits per heavy atom. The van der Waals surface area contributed by atoms with Gasteiger partial charge in [-0.25, -0.2) is 27.5 Å². The van der Waals surface area contributed by atoms with Crippen LogP contribution in [0.15, 0.2) is 30.7 Å². The maximum absolute atomic E-state index is 14.3. The maximum Gasteiger partial charge on any atom is 0.258 e. The van der Waals surface area contributed by atoms with Crippen molar-refractivity contribution < 1.29 is 22.3 Å². The summed E-state index contributed by atoms with van der Waals surface area (Å²) in [6.07, 6.45) is 9.98. The van der Waals surface area contributed by atoms with Gasteiger partial charge in [0.25, 0.3) is 5.91 Å². The molecule has 5 rings (SSSR count). The summed E-state index contributed by atoms with van der Waals surface area (Å²) >= 11 is 0. The lowest BCUT2D eigenvalue weighted by molar-refractivity contribution is 0.0640. The number of hydrogen-bond acceptors (Lipinski definition) is 8. The first-order chi connectivity index (χ1) is 20.8. The molecule has 44 heavy (non-hydrogen) atoms. The second-order valence-electron chi connectivity index (χ2n) is 13.2. The number of carbonyl (C=O) groups is 1. The summed E-state index contributed by atoms with van der Waals surface area (Å²) in [6, 6.07) is 4.83. The molecule has 3 aliphatic rings. The molecule has 2 aliphatic heterocycles. The van der Waals surface area contributed by atoms with Crippen molar-refractivity contribution in [1.82, 2.24) is 24.5 Å². The van der Waals surface area contributed by atoms with Crippen molar-refractivity contribution in [2.75, 3.05) is 43.9 Å². The van der Waals surface area contributed by atoms with Crippen LogP contribution in [0, 0.1) is 23.2 Å². The Labute approximate surface area is 261 Å². The van der Waals surface area contributed by atoms with Crippen LogP contribution in [0.4, 0.5) is 10.2 Å². The number of aromatic nitrogens is 2. The lowest BCUT2D eigenvalue weighted by atomic mass is 9.71. The average molecular weight is 629 g/mol. The Balaban J connectivity index is 1.18. The van der Waals surface area contributed by atoms with Crippen molar-refractivity contribution >= 4 is 21.7 Å². The van der Waals surface area contributed by atoms with Crippen LogP contribution in [0.25, 0.3) is 0 Å². The Morgan fingerprint density at radius 1 is 1.07 bits per heavy atom. The number of amides is 1. The molecule has 2 saturated heterocycles. The van der Waals surface area contributed by atoms with Crippen LogP contribution in [0.5, 0.6) is 11.5 Å². The number of halogens is 1. The van der Waals surface area contributed by atoms with E-state index >= 15 is 0 Å². The summed E-state index contributed by atoms with van der Waals surface area (Å²) in [4.78, 5) is 28.7. The Hall–Kier alpha value is -2.83. The van der Waals surface area contributed by atoms with E-state index in [0.717, 1.165) is 77.3 Å². The highest BCUT2D eigenvalue weighted by atomic mass is 32.2. The fourth-order valence-corrected chi connectivity index (χ4v) is 7.59. The molecule has 1 saturated carbocycles. The van der Waals surface area contributed by atoms with Crippen molar-refractivity contribution in [3.63, 3.8) is 0 Å². The first kappa shape index (κ1) is 32.6. The first-order valence-electron chi connectivity index (χ1n) is 15.6. The zero-order valence-electron chi connectivity index (χ0n) is 26.5. The molecule has 0 atom stereocenters. The standard InChI is InChI=1S/C32H45FN6O4S/c1-22(2)39(23(3)4)31(40)27-16-25(33)8-11-28(27)43-29-17-34-21-35-30(29)38-19-32(20-38)12-14-37(15-13-32)18-24-6-9-26(10-7-24)36-44(5,41)42/h8,11,16-17,21-23,36H,6-7,9-10,12-15,18-20H2,1-5H3. The topological polar surface area (TPSA) is 108 Å². The molecule has 1 spiro atoms. The first-order valence-corrected chi connectivity index (χ1v) is 17.4. The SMILES string of the molecule is CC(C)N(C(=O)c1cc(F)ccc1Oc1cncnc1N1CC2(CCN(C[C]3CC[C](NS(C)(=O)=O)CC3)CC2)C1)C(C)C. The number of nitrogens with zero attached hydrogens (tertiary/aromatic N) is 5. The molecule has 0 bridgehead atoms. The van der Waals surface area contributed by atoms with Crippen molar-refractivity contribution in [3.05, 3.63) is 54.1 Å². The Morgan fingerprint density at radius 3 is 2.34 bits per heavy atom. The molecule has 1 aromatic carbocycles. The van der Waals surface area contributed by atoms with Crippen molar-refractivity contribution in [3.8, 4) is 11.5 Å². The fraction of sp³-hybridized carbons (Fsp3) is 0.594. The number of carbonyl (C=O) groups excluding carboxylic acids is 1. The smallest absolute Gasteiger partial charge is 0.258 e. The van der Waals surface area contributed by atoms with Gasteiger partial charge in [-0.2, -0.15) is 0 Å². The second-order valence-corrected chi connectivity index (χ2v) is 15.0. The van der Waals surface area contributed by atoms with Crippen LogP contribution in [-0.4, -0.2) is 85.2 Å². The Bertz CT molecular complexity index is 1410. The molecule has 1 aromatic heterocycles. The van der Waals surface area contributed by atoms with E-state index in [0.29, 0.717) is 11.6 Å². The third-order valence-electron chi connectivity index (χ3n) is 9.00. The van der Waals surface area contributed by atoms with E-state index in [1.807, 2.05) is 27.7 Å². The van der Waals surface area contributed by atoms with E-state index in [-0.39, 0.29) is 34.7 Å². The van der Waals surface area contributed by atoms with Crippen molar-refractivity contribution in [2.45, 2.75) is 78.3 Å². The second kappa shape index (κ2) is 13.3. The molecular weight excluding hydrogens is 583 g/mol. The van der Waals surface area contributed by atoms with Crippen LogP contribution < -0.4 is 14.4 Å². The molecule has 1 aliphatic carbocycles. The van der Waals surface area contributed by atoms with Gasteiger partial charge >= 0.3 is 0 Å². The minimum atomic E-state index is -3.19. The van der Waals surface area contributed by atoms with Gasteiger partial charge in [0.05, 0.1) is 24.1 Å². The van der Waals surface area contributed by atoms with Crippen molar-refractivity contribution in [2.24, 2.45) is 5.41 Å². The summed E-state index contributed by atoms with van der Waals surface area (Å²) in [5, 5.41) is 0. The molecule has 12 heteroatoms. The summed E-state index contributed by atoms with van der Waals surface area (Å²) in [5.74, 6) is 2.11. The number of benzene rings is 1. The molecular formula is C32H45FN6O4S. The van der Waals surface area contributed by atoms with Gasteiger partial charge in [-0.15, -0.1) is 0 Å². The van der Waals surface area contributed by atoms with Crippen LogP contribution >= 0.6 is 0 Å². The monoisotopic (exact) mass is 628 g/mol. The van der Waals surface area contributed by atoms with Gasteiger partial charge in [0.1, 0.15) is 17.9 Å². The molecule has 240 valence electrons. The van der Waals surface area contributed by atoms with Gasteiger partial charge < -0.3 is 19.4 Å². The summed E-state index contributed by atoms with van der Waals surface area (Å²) in [6.45, 7) is 12.5. The molecule has 10 nitrogen and oxygen atoms in total. The largest absolute Gasteiger partial charge is 0.451 e. The number of piperidine rings is 1. The van der Waals surface area contributed by atoms with Crippen molar-refractivity contribution in [1.29, 1.82) is 0 Å². The van der Waals surface area contributed by atoms with E-state index in [4.69, 9.17) is 4.74 Å². The van der Waals surface area contributed by atoms with Gasteiger partial charge in [0, 0.05) is 37.1 Å². The van der Waals surface area contributed by atoms with Gasteiger partial charge in [0.15, 0.2) is 11.6 Å². The zero-order chi connectivity index (χ0) is 31.6. The summed E-state index contributed by atoms with van der Waals surface area (Å²) in [5.41, 5.74) is 0.397. The summed E-state index contributed by atoms with van der Waals surface area (Å²) < 4.78 is 46.3. The van der Waals surface area contributed by atoms with E-state index < -0.39 is 15.8 Å². The molecule has 3 heterocycles. The molecule has 2 aromatic rings. The van der Waals surface area contributed by atoms with E-state index in [2.05, 4.69) is 24.5 Å². The molecule has 1 amide bonds. The molecule has 2 radical (unpaired) electrons. The Kier molecular flexibility index (Phi) is 9.81. The van der Waals surface area contributed by atoms with E-state index in [1.54, 1.807) is 11.1 Å². The minimum Gasteiger partial charge on any atom is -0.451 e. The quantitative estimate of drug-likeness (QED) is 0.400. The van der Waals surface area contributed by atoms with Crippen LogP contribution in [-0.2, 0) is 10.0 Å². The predicted octanol–water partition coefficient (Wildman–Crippen LogP) is 4.80. The highest BCUT2D eigenvalue weighted by Crippen LogP contribution is 2.45. The maximum atomic E-state index is 14.3. The minimum absolute atomic E-state index is 0.0604. The number of ether oxygens (including phenoxy) is 1.